The van der Waals surface area contributed by atoms with E-state index in [0.29, 0.717) is 10.6 Å². The third-order valence-corrected chi connectivity index (χ3v) is 4.76. The van der Waals surface area contributed by atoms with Crippen molar-refractivity contribution in [3.63, 3.8) is 0 Å². The SMILES string of the molecule is Cc1nnc(N2C(=O)C(O)=C(C(=O)c3ccco3)C2c2cccnc2)s1. The summed E-state index contributed by atoms with van der Waals surface area (Å²) in [6, 6.07) is 5.58. The summed E-state index contributed by atoms with van der Waals surface area (Å²) in [6.45, 7) is 1.75. The van der Waals surface area contributed by atoms with Gasteiger partial charge in [0.15, 0.2) is 11.5 Å². The molecule has 0 saturated heterocycles. The van der Waals surface area contributed by atoms with Crippen molar-refractivity contribution in [3.8, 4) is 0 Å². The minimum Gasteiger partial charge on any atom is -0.503 e. The summed E-state index contributed by atoms with van der Waals surface area (Å²) < 4.78 is 5.15. The normalized spacial score (nSPS) is 17.2. The first kappa shape index (κ1) is 16.2. The van der Waals surface area contributed by atoms with Gasteiger partial charge in [-0.3, -0.25) is 19.5 Å². The molecular formula is C17H12N4O4S. The molecule has 3 aromatic heterocycles. The summed E-state index contributed by atoms with van der Waals surface area (Å²) in [5.41, 5.74) is 0.485. The predicted molar refractivity (Wildman–Crippen MR) is 91.8 cm³/mol. The Morgan fingerprint density at radius 3 is 2.77 bits per heavy atom. The van der Waals surface area contributed by atoms with Crippen LogP contribution in [0, 0.1) is 6.92 Å². The molecule has 3 aromatic rings. The molecule has 0 bridgehead atoms. The number of carbonyl (C=O) groups excluding carboxylic acids is 2. The Bertz CT molecular complexity index is 1010. The third kappa shape index (κ3) is 2.49. The predicted octanol–water partition coefficient (Wildman–Crippen LogP) is 2.62. The van der Waals surface area contributed by atoms with Crippen molar-refractivity contribution in [2.45, 2.75) is 13.0 Å². The topological polar surface area (TPSA) is 109 Å². The van der Waals surface area contributed by atoms with E-state index >= 15 is 0 Å². The largest absolute Gasteiger partial charge is 0.503 e. The maximum Gasteiger partial charge on any atom is 0.296 e. The first-order valence-corrected chi connectivity index (χ1v) is 8.44. The number of furan rings is 1. The van der Waals surface area contributed by atoms with E-state index in [9.17, 15) is 14.7 Å². The number of Topliss-reactive ketones (excluding diaryl/α,β-unsaturated/α-hetero) is 1. The zero-order valence-electron chi connectivity index (χ0n) is 13.5. The van der Waals surface area contributed by atoms with Gasteiger partial charge in [-0.15, -0.1) is 10.2 Å². The standard InChI is InChI=1S/C17H12N4O4S/c1-9-19-20-17(26-9)21-13(10-4-2-6-18-8-10)12(15(23)16(21)24)14(22)11-5-3-7-25-11/h2-8,13,23H,1H3. The zero-order valence-corrected chi connectivity index (χ0v) is 14.3. The third-order valence-electron chi connectivity index (χ3n) is 3.92. The monoisotopic (exact) mass is 368 g/mol. The molecule has 1 aliphatic heterocycles. The molecule has 1 atom stereocenters. The number of aliphatic hydroxyl groups is 1. The number of pyridine rings is 1. The molecule has 4 heterocycles. The van der Waals surface area contributed by atoms with Crippen LogP contribution in [0.4, 0.5) is 5.13 Å². The Balaban J connectivity index is 1.88. The molecule has 1 amide bonds. The molecule has 9 heteroatoms. The number of anilines is 1. The second-order valence-electron chi connectivity index (χ2n) is 5.54. The van der Waals surface area contributed by atoms with E-state index in [1.807, 2.05) is 0 Å². The Labute approximate surface area is 151 Å². The first-order valence-electron chi connectivity index (χ1n) is 7.63. The Kier molecular flexibility index (Phi) is 3.85. The van der Waals surface area contributed by atoms with E-state index in [2.05, 4.69) is 15.2 Å². The average molecular weight is 368 g/mol. The Hall–Kier alpha value is -3.33. The molecular weight excluding hydrogens is 356 g/mol. The lowest BCUT2D eigenvalue weighted by Crippen LogP contribution is -2.31. The van der Waals surface area contributed by atoms with Gasteiger partial charge in [0, 0.05) is 12.4 Å². The van der Waals surface area contributed by atoms with Crippen LogP contribution in [0.15, 0.2) is 58.7 Å². The highest BCUT2D eigenvalue weighted by atomic mass is 32.1. The van der Waals surface area contributed by atoms with Crippen molar-refractivity contribution in [2.75, 3.05) is 4.90 Å². The lowest BCUT2D eigenvalue weighted by Gasteiger charge is -2.23. The molecule has 0 fully saturated rings. The molecule has 0 aromatic carbocycles. The van der Waals surface area contributed by atoms with Gasteiger partial charge in [-0.05, 0) is 30.7 Å². The number of hydrogen-bond acceptors (Lipinski definition) is 8. The molecule has 1 unspecified atom stereocenters. The highest BCUT2D eigenvalue weighted by Gasteiger charge is 2.46. The summed E-state index contributed by atoms with van der Waals surface area (Å²) in [6.07, 6.45) is 4.47. The molecule has 130 valence electrons. The fourth-order valence-electron chi connectivity index (χ4n) is 2.81. The van der Waals surface area contributed by atoms with E-state index in [-0.39, 0.29) is 16.5 Å². The van der Waals surface area contributed by atoms with Crippen LogP contribution in [-0.4, -0.2) is 32.0 Å². The number of aryl methyl sites for hydroxylation is 1. The fraction of sp³-hybridized carbons (Fsp3) is 0.118. The van der Waals surface area contributed by atoms with E-state index in [1.54, 1.807) is 31.3 Å². The van der Waals surface area contributed by atoms with Crippen molar-refractivity contribution in [3.05, 3.63) is 70.6 Å². The molecule has 26 heavy (non-hydrogen) atoms. The maximum atomic E-state index is 12.9. The van der Waals surface area contributed by atoms with Crippen molar-refractivity contribution >= 4 is 28.2 Å². The summed E-state index contributed by atoms with van der Waals surface area (Å²) in [7, 11) is 0. The summed E-state index contributed by atoms with van der Waals surface area (Å²) in [5, 5.41) is 19.3. The van der Waals surface area contributed by atoms with Crippen LogP contribution in [-0.2, 0) is 4.79 Å². The zero-order chi connectivity index (χ0) is 18.3. The molecule has 0 spiro atoms. The molecule has 1 aliphatic rings. The number of aromatic nitrogens is 3. The van der Waals surface area contributed by atoms with Crippen molar-refractivity contribution < 1.29 is 19.1 Å². The fourth-order valence-corrected chi connectivity index (χ4v) is 3.53. The van der Waals surface area contributed by atoms with E-state index in [4.69, 9.17) is 4.42 Å². The van der Waals surface area contributed by atoms with Crippen LogP contribution in [0.3, 0.4) is 0 Å². The molecule has 0 aliphatic carbocycles. The molecule has 0 radical (unpaired) electrons. The summed E-state index contributed by atoms with van der Waals surface area (Å²) in [5.74, 6) is -1.89. The van der Waals surface area contributed by atoms with Crippen molar-refractivity contribution in [1.29, 1.82) is 0 Å². The van der Waals surface area contributed by atoms with Crippen LogP contribution in [0.5, 0.6) is 0 Å². The highest BCUT2D eigenvalue weighted by molar-refractivity contribution is 7.15. The Morgan fingerprint density at radius 1 is 1.31 bits per heavy atom. The molecule has 1 N–H and O–H groups in total. The highest BCUT2D eigenvalue weighted by Crippen LogP contribution is 2.42. The average Bonchev–Trinajstić information content (AvgIpc) is 3.37. The van der Waals surface area contributed by atoms with E-state index in [0.717, 1.165) is 0 Å². The maximum absolute atomic E-state index is 12.9. The molecule has 0 saturated carbocycles. The van der Waals surface area contributed by atoms with Gasteiger partial charge in [0.1, 0.15) is 5.01 Å². The number of rotatable bonds is 4. The number of carbonyl (C=O) groups is 2. The summed E-state index contributed by atoms with van der Waals surface area (Å²) >= 11 is 1.19. The molecule has 4 rings (SSSR count). The van der Waals surface area contributed by atoms with Crippen LogP contribution in [0.1, 0.15) is 27.2 Å². The van der Waals surface area contributed by atoms with Gasteiger partial charge in [-0.25, -0.2) is 0 Å². The molecule has 8 nitrogen and oxygen atoms in total. The number of ketones is 1. The van der Waals surface area contributed by atoms with Crippen LogP contribution >= 0.6 is 11.3 Å². The van der Waals surface area contributed by atoms with Crippen LogP contribution in [0.25, 0.3) is 0 Å². The Morgan fingerprint density at radius 2 is 2.15 bits per heavy atom. The van der Waals surface area contributed by atoms with Crippen LogP contribution in [0.2, 0.25) is 0 Å². The number of amides is 1. The van der Waals surface area contributed by atoms with E-state index < -0.39 is 23.5 Å². The van der Waals surface area contributed by atoms with Gasteiger partial charge in [-0.1, -0.05) is 17.4 Å². The van der Waals surface area contributed by atoms with Gasteiger partial charge < -0.3 is 9.52 Å². The quantitative estimate of drug-likeness (QED) is 0.705. The second kappa shape index (κ2) is 6.19. The van der Waals surface area contributed by atoms with Gasteiger partial charge >= 0.3 is 0 Å². The van der Waals surface area contributed by atoms with Gasteiger partial charge in [0.05, 0.1) is 17.9 Å². The van der Waals surface area contributed by atoms with Crippen molar-refractivity contribution in [2.24, 2.45) is 0 Å². The summed E-state index contributed by atoms with van der Waals surface area (Å²) in [4.78, 5) is 30.9. The van der Waals surface area contributed by atoms with Crippen LogP contribution < -0.4 is 4.90 Å². The first-order chi connectivity index (χ1) is 12.6. The lowest BCUT2D eigenvalue weighted by molar-refractivity contribution is -0.117. The lowest BCUT2D eigenvalue weighted by atomic mass is 9.96. The second-order valence-corrected chi connectivity index (χ2v) is 6.70. The van der Waals surface area contributed by atoms with Gasteiger partial charge in [0.2, 0.25) is 10.9 Å². The van der Waals surface area contributed by atoms with E-state index in [1.165, 1.54) is 34.8 Å². The smallest absolute Gasteiger partial charge is 0.296 e. The van der Waals surface area contributed by atoms with Crippen molar-refractivity contribution in [1.82, 2.24) is 15.2 Å². The minimum atomic E-state index is -0.874. The minimum absolute atomic E-state index is 0.0311. The van der Waals surface area contributed by atoms with Gasteiger partial charge in [-0.2, -0.15) is 0 Å². The number of nitrogens with zero attached hydrogens (tertiary/aromatic N) is 4. The van der Waals surface area contributed by atoms with Gasteiger partial charge in [0.25, 0.3) is 5.91 Å². The number of hydrogen-bond donors (Lipinski definition) is 1. The number of aliphatic hydroxyl groups excluding tert-OH is 1.